The van der Waals surface area contributed by atoms with E-state index < -0.39 is 11.0 Å². The van der Waals surface area contributed by atoms with E-state index in [1.165, 1.54) is 19.2 Å². The number of hydrogen-bond donors (Lipinski definition) is 2. The normalized spacial score (nSPS) is 17.2. The van der Waals surface area contributed by atoms with E-state index in [9.17, 15) is 20.0 Å². The Labute approximate surface area is 244 Å². The average Bonchev–Trinajstić information content (AvgIpc) is 3.41. The number of nitro benzene ring substituents is 1. The molecule has 0 bridgehead atoms. The number of nitro groups is 1. The number of non-ortho nitro benzene ring substituents is 1. The molecule has 3 aromatic rings. The second kappa shape index (κ2) is 15.5. The molecule has 0 aromatic heterocycles. The van der Waals surface area contributed by atoms with E-state index in [-0.39, 0.29) is 24.5 Å². The highest BCUT2D eigenvalue weighted by molar-refractivity contribution is 5.77. The fourth-order valence-electron chi connectivity index (χ4n) is 4.59. The highest BCUT2D eigenvalue weighted by Crippen LogP contribution is 2.20. The van der Waals surface area contributed by atoms with Gasteiger partial charge in [0.05, 0.1) is 11.0 Å². The molecule has 0 spiro atoms. The minimum absolute atomic E-state index is 0.0243. The molecule has 1 aliphatic heterocycles. The number of carbonyl (C=O) groups is 1. The number of benzene rings is 3. The van der Waals surface area contributed by atoms with Crippen LogP contribution in [-0.4, -0.2) is 66.8 Å². The standard InChI is InChI=1S/C32H35N3O4.CH4O/c1-24-22-31(36)23-34(24)32(37)4-3-21-33(2)29-17-13-27(14-18-29)11-9-25-5-7-26(8-6-25)10-12-28-15-19-30(20-16-28)35(38)39;1-2/h5-20,24,31,36H,3-4,21-23H2,1-2H3;2H,1H3/b11-9+,12-10+;/t24-,31-;/m1./s1/i1D;2T. The number of carbonyl (C=O) groups excluding carboxylic acids is 1. The minimum atomic E-state index is -0.507. The Kier molecular flexibility index (Phi) is 10.7. The predicted molar refractivity (Wildman–Crippen MR) is 166 cm³/mol. The van der Waals surface area contributed by atoms with Gasteiger partial charge in [0.1, 0.15) is 0 Å². The summed E-state index contributed by atoms with van der Waals surface area (Å²) in [6.07, 6.45) is 9.17. The molecular weight excluding hydrogens is 518 g/mol. The van der Waals surface area contributed by atoms with Crippen molar-refractivity contribution in [1.29, 1.82) is 1.43 Å². The lowest BCUT2D eigenvalue weighted by Gasteiger charge is -2.23. The van der Waals surface area contributed by atoms with Crippen LogP contribution in [0, 0.1) is 10.1 Å². The molecule has 1 heterocycles. The summed E-state index contributed by atoms with van der Waals surface area (Å²) in [5.41, 5.74) is 5.27. The Bertz CT molecular complexity index is 1360. The van der Waals surface area contributed by atoms with Gasteiger partial charge in [-0.2, -0.15) is 0 Å². The van der Waals surface area contributed by atoms with Gasteiger partial charge in [-0.3, -0.25) is 14.9 Å². The van der Waals surface area contributed by atoms with E-state index in [4.69, 9.17) is 2.80 Å². The Balaban J connectivity index is 0.00000162. The summed E-state index contributed by atoms with van der Waals surface area (Å²) in [7, 11) is 3.30. The van der Waals surface area contributed by atoms with Gasteiger partial charge < -0.3 is 20.0 Å². The van der Waals surface area contributed by atoms with E-state index in [1.807, 2.05) is 43.5 Å². The maximum atomic E-state index is 12.5. The molecule has 2 N–H and O–H groups in total. The van der Waals surface area contributed by atoms with Crippen molar-refractivity contribution in [1.82, 2.24) is 4.90 Å². The van der Waals surface area contributed by atoms with Gasteiger partial charge in [0.15, 0.2) is 0 Å². The average molecular weight is 561 g/mol. The first-order valence-corrected chi connectivity index (χ1v) is 13.5. The maximum Gasteiger partial charge on any atom is 0.269 e. The summed E-state index contributed by atoms with van der Waals surface area (Å²) < 4.78 is 13.3. The first kappa shape index (κ1) is 28.3. The molecule has 1 aliphatic rings. The van der Waals surface area contributed by atoms with Crippen LogP contribution in [0.4, 0.5) is 11.4 Å². The van der Waals surface area contributed by atoms with Crippen LogP contribution in [0.3, 0.4) is 0 Å². The van der Waals surface area contributed by atoms with Crippen LogP contribution >= 0.6 is 0 Å². The van der Waals surface area contributed by atoms with Gasteiger partial charge in [-0.1, -0.05) is 60.7 Å². The van der Waals surface area contributed by atoms with Crippen molar-refractivity contribution in [2.45, 2.75) is 38.3 Å². The van der Waals surface area contributed by atoms with Crippen molar-refractivity contribution < 1.29 is 21.3 Å². The smallest absolute Gasteiger partial charge is 0.269 e. The van der Waals surface area contributed by atoms with Gasteiger partial charge >= 0.3 is 0 Å². The lowest BCUT2D eigenvalue weighted by Crippen LogP contribution is -2.34. The molecule has 41 heavy (non-hydrogen) atoms. The Morgan fingerprint density at radius 3 is 1.95 bits per heavy atom. The summed E-state index contributed by atoms with van der Waals surface area (Å²) in [5.74, 6) is 0.0243. The van der Waals surface area contributed by atoms with Crippen molar-refractivity contribution in [3.63, 3.8) is 0 Å². The molecule has 3 aromatic carbocycles. The lowest BCUT2D eigenvalue weighted by atomic mass is 10.1. The van der Waals surface area contributed by atoms with Gasteiger partial charge in [-0.25, -0.2) is 0 Å². The predicted octanol–water partition coefficient (Wildman–Crippen LogP) is 5.74. The van der Waals surface area contributed by atoms with E-state index in [0.29, 0.717) is 25.8 Å². The summed E-state index contributed by atoms with van der Waals surface area (Å²) >= 11 is 0. The van der Waals surface area contributed by atoms with Crippen LogP contribution in [-0.2, 0) is 4.79 Å². The number of β-amino-alcohol motifs (C(OH)–C–C–N with tert-alkyl or cyclic N) is 1. The number of anilines is 1. The highest BCUT2D eigenvalue weighted by Gasteiger charge is 2.30. The summed E-state index contributed by atoms with van der Waals surface area (Å²) in [5, 5.41) is 24.1. The third-order valence-electron chi connectivity index (χ3n) is 6.91. The van der Waals surface area contributed by atoms with E-state index in [1.54, 1.807) is 17.0 Å². The highest BCUT2D eigenvalue weighted by atomic mass is 16.6. The monoisotopic (exact) mass is 560 g/mol. The number of rotatable bonds is 10. The Hall–Kier alpha value is -4.27. The van der Waals surface area contributed by atoms with E-state index >= 15 is 0 Å². The molecule has 1 fully saturated rings. The zero-order valence-corrected chi connectivity index (χ0v) is 23.6. The zero-order chi connectivity index (χ0) is 31.2. The van der Waals surface area contributed by atoms with Crippen LogP contribution < -0.4 is 4.90 Å². The zero-order valence-electron chi connectivity index (χ0n) is 25.6. The second-order valence-corrected chi connectivity index (χ2v) is 9.89. The van der Waals surface area contributed by atoms with Crippen molar-refractivity contribution >= 4 is 41.6 Å². The Morgan fingerprint density at radius 2 is 1.49 bits per heavy atom. The SMILES string of the molecule is [2H]C[C@@H]1C[C@@H](O)CN1C(=O)CCCN(C)c1ccc(/C=C/c2ccc(/C=C/c3ccc([N+](=O)[O-])cc3)cc2)cc1.[3H]OC. The molecule has 8 nitrogen and oxygen atoms in total. The van der Waals surface area contributed by atoms with Crippen molar-refractivity contribution in [2.75, 3.05) is 32.1 Å². The van der Waals surface area contributed by atoms with Crippen LogP contribution in [0.15, 0.2) is 72.8 Å². The molecular formula is C33H39N3O5. The fraction of sp³-hybridized carbons (Fsp3) is 0.303. The van der Waals surface area contributed by atoms with Crippen LogP contribution in [0.25, 0.3) is 24.3 Å². The molecule has 0 unspecified atom stereocenters. The number of aliphatic hydroxyl groups is 2. The topological polar surface area (TPSA) is 107 Å². The molecule has 1 saturated heterocycles. The molecule has 0 radical (unpaired) electrons. The fourth-order valence-corrected chi connectivity index (χ4v) is 4.59. The first-order valence-electron chi connectivity index (χ1n) is 14.6. The van der Waals surface area contributed by atoms with Gasteiger partial charge in [0, 0.05) is 58.9 Å². The third kappa shape index (κ3) is 9.41. The van der Waals surface area contributed by atoms with E-state index in [2.05, 4.69) is 46.4 Å². The maximum absolute atomic E-state index is 12.5. The molecule has 0 saturated carbocycles. The van der Waals surface area contributed by atoms with Crippen LogP contribution in [0.5, 0.6) is 0 Å². The number of nitrogens with zero attached hydrogens (tertiary/aromatic N) is 3. The van der Waals surface area contributed by atoms with Crippen molar-refractivity contribution in [3.8, 4) is 0 Å². The lowest BCUT2D eigenvalue weighted by molar-refractivity contribution is -0.384. The number of hydrogen-bond acceptors (Lipinski definition) is 6. The molecule has 0 aliphatic carbocycles. The molecule has 2 atom stereocenters. The van der Waals surface area contributed by atoms with Gasteiger partial charge in [0.2, 0.25) is 7.34 Å². The third-order valence-corrected chi connectivity index (χ3v) is 6.91. The van der Waals surface area contributed by atoms with E-state index in [0.717, 1.165) is 34.5 Å². The van der Waals surface area contributed by atoms with Crippen molar-refractivity contribution in [3.05, 3.63) is 105 Å². The first-order chi connectivity index (χ1) is 20.7. The summed E-state index contributed by atoms with van der Waals surface area (Å²) in [6, 6.07) is 22.7. The summed E-state index contributed by atoms with van der Waals surface area (Å²) in [6.45, 7) is 1.23. The molecule has 8 heteroatoms. The molecule has 216 valence electrons. The van der Waals surface area contributed by atoms with Gasteiger partial charge in [-0.15, -0.1) is 0 Å². The number of amides is 1. The van der Waals surface area contributed by atoms with Gasteiger partial charge in [-0.05, 0) is 66.3 Å². The summed E-state index contributed by atoms with van der Waals surface area (Å²) in [4.78, 5) is 26.7. The largest absolute Gasteiger partial charge is 0.400 e. The van der Waals surface area contributed by atoms with Crippen LogP contribution in [0.2, 0.25) is 0 Å². The molecule has 1 amide bonds. The number of likely N-dealkylation sites (tertiary alicyclic amines) is 1. The second-order valence-electron chi connectivity index (χ2n) is 9.89. The quantitative estimate of drug-likeness (QED) is 0.186. The van der Waals surface area contributed by atoms with Crippen LogP contribution in [0.1, 0.15) is 49.8 Å². The Morgan fingerprint density at radius 1 is 1.02 bits per heavy atom. The molecule has 4 rings (SSSR count). The van der Waals surface area contributed by atoms with Crippen molar-refractivity contribution in [2.24, 2.45) is 0 Å². The number of aliphatic hydroxyl groups excluding tert-OH is 2. The van der Waals surface area contributed by atoms with Gasteiger partial charge in [0.25, 0.3) is 5.69 Å². The minimum Gasteiger partial charge on any atom is -0.400 e.